The van der Waals surface area contributed by atoms with Crippen LogP contribution in [0.1, 0.15) is 0 Å². The number of benzene rings is 1. The lowest BCUT2D eigenvalue weighted by atomic mass is 10.3. The maximum Gasteiger partial charge on any atom is 0.376 e. The van der Waals surface area contributed by atoms with Crippen LogP contribution in [0.25, 0.3) is 0 Å². The van der Waals surface area contributed by atoms with Crippen LogP contribution in [-0.2, 0) is 0 Å². The van der Waals surface area contributed by atoms with Gasteiger partial charge in [0, 0.05) is 6.07 Å². The van der Waals surface area contributed by atoms with Gasteiger partial charge < -0.3 is 10.3 Å². The number of anilines is 2. The quantitative estimate of drug-likeness (QED) is 0.651. The molecular weight excluding hydrogens is 262 g/mol. The second kappa shape index (κ2) is 4.80. The molecular formula is C10H6F2N4O3. The zero-order valence-electron chi connectivity index (χ0n) is 9.18. The SMILES string of the molecule is O=c1[nH]cnc(Nc2cc(F)ccc2F)c1[N+](=O)[O-]. The summed E-state index contributed by atoms with van der Waals surface area (Å²) < 4.78 is 26.3. The molecule has 19 heavy (non-hydrogen) atoms. The summed E-state index contributed by atoms with van der Waals surface area (Å²) >= 11 is 0. The predicted octanol–water partition coefficient (Wildman–Crippen LogP) is 1.70. The summed E-state index contributed by atoms with van der Waals surface area (Å²) in [6, 6.07) is 2.53. The van der Waals surface area contributed by atoms with E-state index in [1.807, 2.05) is 4.98 Å². The molecule has 0 saturated heterocycles. The smallest absolute Gasteiger partial charge is 0.332 e. The van der Waals surface area contributed by atoms with Crippen molar-refractivity contribution in [1.29, 1.82) is 0 Å². The molecule has 1 aromatic carbocycles. The third kappa shape index (κ3) is 2.54. The van der Waals surface area contributed by atoms with Crippen molar-refractivity contribution < 1.29 is 13.7 Å². The highest BCUT2D eigenvalue weighted by molar-refractivity contribution is 5.64. The highest BCUT2D eigenvalue weighted by atomic mass is 19.1. The predicted molar refractivity (Wildman–Crippen MR) is 61.2 cm³/mol. The average molecular weight is 268 g/mol. The zero-order valence-corrected chi connectivity index (χ0v) is 9.18. The number of nitrogens with zero attached hydrogens (tertiary/aromatic N) is 2. The highest BCUT2D eigenvalue weighted by Gasteiger charge is 2.21. The molecule has 1 aromatic heterocycles. The van der Waals surface area contributed by atoms with E-state index >= 15 is 0 Å². The average Bonchev–Trinajstić information content (AvgIpc) is 2.33. The third-order valence-electron chi connectivity index (χ3n) is 2.19. The molecule has 0 radical (unpaired) electrons. The van der Waals surface area contributed by atoms with E-state index in [0.717, 1.165) is 24.5 Å². The van der Waals surface area contributed by atoms with Crippen LogP contribution in [0.5, 0.6) is 0 Å². The summed E-state index contributed by atoms with van der Waals surface area (Å²) in [6.45, 7) is 0. The van der Waals surface area contributed by atoms with E-state index in [1.54, 1.807) is 0 Å². The number of nitrogens with one attached hydrogen (secondary N) is 2. The second-order valence-electron chi connectivity index (χ2n) is 3.44. The van der Waals surface area contributed by atoms with Crippen molar-refractivity contribution in [3.63, 3.8) is 0 Å². The van der Waals surface area contributed by atoms with Gasteiger partial charge in [-0.2, -0.15) is 0 Å². The zero-order chi connectivity index (χ0) is 14.0. The van der Waals surface area contributed by atoms with E-state index in [1.165, 1.54) is 0 Å². The molecule has 1 heterocycles. The maximum absolute atomic E-state index is 13.4. The van der Waals surface area contributed by atoms with Crippen molar-refractivity contribution in [3.05, 3.63) is 56.6 Å². The number of H-pyrrole nitrogens is 1. The molecule has 0 unspecified atom stereocenters. The highest BCUT2D eigenvalue weighted by Crippen LogP contribution is 2.23. The molecule has 0 fully saturated rings. The number of hydrogen-bond donors (Lipinski definition) is 2. The standard InChI is InChI=1S/C10H6F2N4O3/c11-5-1-2-6(12)7(3-5)15-9-8(16(18)19)10(17)14-4-13-9/h1-4H,(H2,13,14,15,17). The maximum atomic E-state index is 13.4. The Morgan fingerprint density at radius 2 is 2.11 bits per heavy atom. The first kappa shape index (κ1) is 12.6. The van der Waals surface area contributed by atoms with E-state index in [-0.39, 0.29) is 5.69 Å². The summed E-state index contributed by atoms with van der Waals surface area (Å²) in [5.41, 5.74) is -2.24. The number of rotatable bonds is 3. The topological polar surface area (TPSA) is 101 Å². The van der Waals surface area contributed by atoms with Crippen molar-refractivity contribution in [3.8, 4) is 0 Å². The fourth-order valence-electron chi connectivity index (χ4n) is 1.37. The lowest BCUT2D eigenvalue weighted by Gasteiger charge is -2.06. The summed E-state index contributed by atoms with van der Waals surface area (Å²) in [5, 5.41) is 12.9. The molecule has 0 amide bonds. The molecule has 7 nitrogen and oxygen atoms in total. The van der Waals surface area contributed by atoms with Crippen LogP contribution < -0.4 is 10.9 Å². The fourth-order valence-corrected chi connectivity index (χ4v) is 1.37. The first-order valence-electron chi connectivity index (χ1n) is 4.93. The summed E-state index contributed by atoms with van der Waals surface area (Å²) in [7, 11) is 0. The number of halogens is 2. The lowest BCUT2D eigenvalue weighted by Crippen LogP contribution is -2.15. The number of nitro groups is 1. The summed E-state index contributed by atoms with van der Waals surface area (Å²) in [4.78, 5) is 26.6. The first-order chi connectivity index (χ1) is 8.99. The molecule has 0 aliphatic rings. The molecule has 0 atom stereocenters. The molecule has 2 rings (SSSR count). The summed E-state index contributed by atoms with van der Waals surface area (Å²) in [5.74, 6) is -2.05. The van der Waals surface area contributed by atoms with E-state index in [9.17, 15) is 23.7 Å². The van der Waals surface area contributed by atoms with Crippen molar-refractivity contribution in [2.45, 2.75) is 0 Å². The minimum absolute atomic E-state index is 0.360. The van der Waals surface area contributed by atoms with Crippen LogP contribution in [0.3, 0.4) is 0 Å². The molecule has 9 heteroatoms. The Labute approximate surface area is 104 Å². The van der Waals surface area contributed by atoms with Gasteiger partial charge in [0.15, 0.2) is 0 Å². The van der Waals surface area contributed by atoms with Crippen LogP contribution in [-0.4, -0.2) is 14.9 Å². The van der Waals surface area contributed by atoms with Gasteiger partial charge in [0.25, 0.3) is 0 Å². The molecule has 98 valence electrons. The Hall–Kier alpha value is -2.84. The van der Waals surface area contributed by atoms with Crippen molar-refractivity contribution >= 4 is 17.2 Å². The molecule has 2 N–H and O–H groups in total. The van der Waals surface area contributed by atoms with Crippen molar-refractivity contribution in [2.24, 2.45) is 0 Å². The normalized spacial score (nSPS) is 10.2. The Balaban J connectivity index is 2.50. The Kier molecular flexibility index (Phi) is 3.19. The monoisotopic (exact) mass is 268 g/mol. The molecule has 0 saturated carbocycles. The number of aromatic amines is 1. The van der Waals surface area contributed by atoms with E-state index in [0.29, 0.717) is 0 Å². The lowest BCUT2D eigenvalue weighted by molar-refractivity contribution is -0.385. The Morgan fingerprint density at radius 3 is 2.79 bits per heavy atom. The van der Waals surface area contributed by atoms with Gasteiger partial charge in [0.1, 0.15) is 11.6 Å². The number of aromatic nitrogens is 2. The van der Waals surface area contributed by atoms with Crippen molar-refractivity contribution in [2.75, 3.05) is 5.32 Å². The molecule has 0 aliphatic heterocycles. The second-order valence-corrected chi connectivity index (χ2v) is 3.44. The van der Waals surface area contributed by atoms with Gasteiger partial charge in [-0.1, -0.05) is 0 Å². The molecule has 2 aromatic rings. The third-order valence-corrected chi connectivity index (χ3v) is 2.19. The number of hydrogen-bond acceptors (Lipinski definition) is 5. The van der Waals surface area contributed by atoms with Gasteiger partial charge in [-0.3, -0.25) is 14.9 Å². The Morgan fingerprint density at radius 1 is 1.37 bits per heavy atom. The van der Waals surface area contributed by atoms with Gasteiger partial charge in [-0.05, 0) is 12.1 Å². The Bertz CT molecular complexity index is 701. The van der Waals surface area contributed by atoms with Crippen LogP contribution in [0.2, 0.25) is 0 Å². The minimum Gasteiger partial charge on any atom is -0.332 e. The van der Waals surface area contributed by atoms with E-state index in [2.05, 4.69) is 10.3 Å². The minimum atomic E-state index is -1.00. The van der Waals surface area contributed by atoms with Gasteiger partial charge in [0.05, 0.1) is 16.9 Å². The summed E-state index contributed by atoms with van der Waals surface area (Å²) in [6.07, 6.45) is 0.912. The molecule has 0 spiro atoms. The van der Waals surface area contributed by atoms with E-state index in [4.69, 9.17) is 0 Å². The van der Waals surface area contributed by atoms with Crippen LogP contribution >= 0.6 is 0 Å². The molecule has 0 bridgehead atoms. The van der Waals surface area contributed by atoms with Gasteiger partial charge in [0.2, 0.25) is 5.82 Å². The van der Waals surface area contributed by atoms with Crippen LogP contribution in [0.4, 0.5) is 26.0 Å². The van der Waals surface area contributed by atoms with Gasteiger partial charge in [-0.15, -0.1) is 0 Å². The largest absolute Gasteiger partial charge is 0.376 e. The van der Waals surface area contributed by atoms with Crippen LogP contribution in [0, 0.1) is 21.7 Å². The van der Waals surface area contributed by atoms with Crippen LogP contribution in [0.15, 0.2) is 29.3 Å². The van der Waals surface area contributed by atoms with E-state index < -0.39 is 33.6 Å². The first-order valence-corrected chi connectivity index (χ1v) is 4.93. The van der Waals surface area contributed by atoms with Crippen molar-refractivity contribution in [1.82, 2.24) is 9.97 Å². The van der Waals surface area contributed by atoms with Gasteiger partial charge in [-0.25, -0.2) is 13.8 Å². The molecule has 0 aliphatic carbocycles. The van der Waals surface area contributed by atoms with Gasteiger partial charge >= 0.3 is 11.2 Å². The fraction of sp³-hybridized carbons (Fsp3) is 0.